The largest absolute Gasteiger partial charge is 0.437 e. The van der Waals surface area contributed by atoms with Gasteiger partial charge in [-0.1, -0.05) is 30.1 Å². The Bertz CT molecular complexity index is 578. The summed E-state index contributed by atoms with van der Waals surface area (Å²) in [6.07, 6.45) is 0.619. The first-order chi connectivity index (χ1) is 8.58. The van der Waals surface area contributed by atoms with Gasteiger partial charge in [0.05, 0.1) is 5.02 Å². The van der Waals surface area contributed by atoms with E-state index in [1.807, 2.05) is 6.92 Å². The average molecular weight is 287 g/mol. The molecule has 0 bridgehead atoms. The van der Waals surface area contributed by atoms with E-state index in [2.05, 4.69) is 9.97 Å². The summed E-state index contributed by atoms with van der Waals surface area (Å²) in [5.41, 5.74) is 0. The molecule has 0 saturated carbocycles. The lowest BCUT2D eigenvalue weighted by molar-refractivity contribution is 0.454. The predicted molar refractivity (Wildman–Crippen MR) is 67.9 cm³/mol. The fourth-order valence-electron chi connectivity index (χ4n) is 1.32. The Balaban J connectivity index is 2.33. The maximum Gasteiger partial charge on any atom is 0.224 e. The molecule has 0 unspecified atom stereocenters. The summed E-state index contributed by atoms with van der Waals surface area (Å²) < 4.78 is 18.5. The van der Waals surface area contributed by atoms with Crippen LogP contribution >= 0.6 is 23.2 Å². The molecular weight excluding hydrogens is 278 g/mol. The molecule has 1 aromatic heterocycles. The quantitative estimate of drug-likeness (QED) is 0.790. The molecule has 1 heterocycles. The number of halogens is 3. The third-order valence-electron chi connectivity index (χ3n) is 2.14. The molecule has 0 fully saturated rings. The molecule has 2 rings (SSSR count). The molecule has 0 spiro atoms. The highest BCUT2D eigenvalue weighted by atomic mass is 35.5. The van der Waals surface area contributed by atoms with Gasteiger partial charge in [0.1, 0.15) is 16.8 Å². The minimum atomic E-state index is -0.440. The van der Waals surface area contributed by atoms with Crippen LogP contribution in [-0.2, 0) is 6.42 Å². The lowest BCUT2D eigenvalue weighted by atomic mass is 10.3. The Kier molecular flexibility index (Phi) is 3.99. The molecule has 0 atom stereocenters. The van der Waals surface area contributed by atoms with Crippen molar-refractivity contribution < 1.29 is 9.13 Å². The first-order valence-corrected chi connectivity index (χ1v) is 6.00. The van der Waals surface area contributed by atoms with Gasteiger partial charge in [-0.15, -0.1) is 0 Å². The van der Waals surface area contributed by atoms with Crippen LogP contribution in [0.2, 0.25) is 10.2 Å². The number of hydrogen-bond acceptors (Lipinski definition) is 3. The number of aryl methyl sites for hydroxylation is 1. The van der Waals surface area contributed by atoms with Gasteiger partial charge in [0.25, 0.3) is 0 Å². The summed E-state index contributed by atoms with van der Waals surface area (Å²) >= 11 is 11.7. The SMILES string of the molecule is CCc1nc(Cl)cc(Oc2cc(F)ccc2Cl)n1. The van der Waals surface area contributed by atoms with Crippen molar-refractivity contribution in [1.29, 1.82) is 0 Å². The zero-order valence-corrected chi connectivity index (χ0v) is 11.0. The van der Waals surface area contributed by atoms with Crippen LogP contribution in [-0.4, -0.2) is 9.97 Å². The van der Waals surface area contributed by atoms with Crippen LogP contribution < -0.4 is 4.74 Å². The molecule has 0 aliphatic rings. The van der Waals surface area contributed by atoms with Crippen LogP contribution in [0.1, 0.15) is 12.7 Å². The van der Waals surface area contributed by atoms with E-state index in [9.17, 15) is 4.39 Å². The molecule has 3 nitrogen and oxygen atoms in total. The predicted octanol–water partition coefficient (Wildman–Crippen LogP) is 4.28. The first-order valence-electron chi connectivity index (χ1n) is 5.25. The zero-order valence-electron chi connectivity index (χ0n) is 9.45. The number of aromatic nitrogens is 2. The van der Waals surface area contributed by atoms with Gasteiger partial charge < -0.3 is 4.74 Å². The maximum atomic E-state index is 13.1. The summed E-state index contributed by atoms with van der Waals surface area (Å²) in [5.74, 6) is 0.531. The van der Waals surface area contributed by atoms with Gasteiger partial charge in [-0.2, -0.15) is 4.98 Å². The summed E-state index contributed by atoms with van der Waals surface area (Å²) in [6.45, 7) is 1.89. The van der Waals surface area contributed by atoms with E-state index in [1.165, 1.54) is 24.3 Å². The number of ether oxygens (including phenoxy) is 1. The van der Waals surface area contributed by atoms with E-state index in [-0.39, 0.29) is 16.8 Å². The Morgan fingerprint density at radius 1 is 1.22 bits per heavy atom. The molecule has 0 aliphatic heterocycles. The Morgan fingerprint density at radius 3 is 2.72 bits per heavy atom. The lowest BCUT2D eigenvalue weighted by Gasteiger charge is -2.07. The molecule has 0 N–H and O–H groups in total. The van der Waals surface area contributed by atoms with Crippen molar-refractivity contribution in [3.8, 4) is 11.6 Å². The fourth-order valence-corrected chi connectivity index (χ4v) is 1.67. The smallest absolute Gasteiger partial charge is 0.224 e. The normalized spacial score (nSPS) is 10.4. The van der Waals surface area contributed by atoms with Crippen molar-refractivity contribution in [3.63, 3.8) is 0 Å². The molecule has 0 radical (unpaired) electrons. The molecule has 0 amide bonds. The van der Waals surface area contributed by atoms with Crippen molar-refractivity contribution >= 4 is 23.2 Å². The van der Waals surface area contributed by atoms with Crippen LogP contribution in [0.3, 0.4) is 0 Å². The van der Waals surface area contributed by atoms with Crippen LogP contribution in [0.25, 0.3) is 0 Å². The average Bonchev–Trinajstić information content (AvgIpc) is 2.33. The number of rotatable bonds is 3. The van der Waals surface area contributed by atoms with E-state index in [0.29, 0.717) is 17.3 Å². The highest BCUT2D eigenvalue weighted by Crippen LogP contribution is 2.29. The van der Waals surface area contributed by atoms with Gasteiger partial charge in [-0.3, -0.25) is 0 Å². The van der Waals surface area contributed by atoms with Gasteiger partial charge in [-0.05, 0) is 12.1 Å². The Morgan fingerprint density at radius 2 is 2.00 bits per heavy atom. The Hall–Kier alpha value is -1.39. The maximum absolute atomic E-state index is 13.1. The number of nitrogens with zero attached hydrogens (tertiary/aromatic N) is 2. The molecule has 0 aliphatic carbocycles. The van der Waals surface area contributed by atoms with Crippen molar-refractivity contribution in [1.82, 2.24) is 9.97 Å². The lowest BCUT2D eigenvalue weighted by Crippen LogP contribution is -1.97. The second-order valence-corrected chi connectivity index (χ2v) is 4.27. The summed E-state index contributed by atoms with van der Waals surface area (Å²) in [5, 5.41) is 0.563. The number of benzene rings is 1. The highest BCUT2D eigenvalue weighted by molar-refractivity contribution is 6.32. The van der Waals surface area contributed by atoms with Crippen LogP contribution in [0.5, 0.6) is 11.6 Å². The van der Waals surface area contributed by atoms with E-state index in [4.69, 9.17) is 27.9 Å². The molecule has 2 aromatic rings. The van der Waals surface area contributed by atoms with Gasteiger partial charge in [-0.25, -0.2) is 9.37 Å². The molecule has 0 saturated heterocycles. The topological polar surface area (TPSA) is 35.0 Å². The summed E-state index contributed by atoms with van der Waals surface area (Å²) in [4.78, 5) is 8.12. The van der Waals surface area contributed by atoms with Crippen LogP contribution in [0.15, 0.2) is 24.3 Å². The highest BCUT2D eigenvalue weighted by Gasteiger charge is 2.08. The van der Waals surface area contributed by atoms with Gasteiger partial charge >= 0.3 is 0 Å². The van der Waals surface area contributed by atoms with E-state index in [1.54, 1.807) is 0 Å². The van der Waals surface area contributed by atoms with Gasteiger partial charge in [0, 0.05) is 18.6 Å². The molecule has 94 valence electrons. The minimum absolute atomic E-state index is 0.188. The van der Waals surface area contributed by atoms with E-state index in [0.717, 1.165) is 0 Å². The molecule has 18 heavy (non-hydrogen) atoms. The zero-order chi connectivity index (χ0) is 13.1. The third-order valence-corrected chi connectivity index (χ3v) is 2.65. The fraction of sp³-hybridized carbons (Fsp3) is 0.167. The van der Waals surface area contributed by atoms with Gasteiger partial charge in [0.2, 0.25) is 5.88 Å². The summed E-state index contributed by atoms with van der Waals surface area (Å²) in [7, 11) is 0. The van der Waals surface area contributed by atoms with Crippen molar-refractivity contribution in [3.05, 3.63) is 46.1 Å². The van der Waals surface area contributed by atoms with E-state index >= 15 is 0 Å². The van der Waals surface area contributed by atoms with Crippen molar-refractivity contribution in [2.24, 2.45) is 0 Å². The monoisotopic (exact) mass is 286 g/mol. The third kappa shape index (κ3) is 3.09. The first kappa shape index (κ1) is 13.1. The summed E-state index contributed by atoms with van der Waals surface area (Å²) in [6, 6.07) is 5.29. The number of hydrogen-bond donors (Lipinski definition) is 0. The molecule has 6 heteroatoms. The standard InChI is InChI=1S/C12H9Cl2FN2O/c1-2-11-16-10(14)6-12(17-11)18-9-5-7(15)3-4-8(9)13/h3-6H,2H2,1H3. The second kappa shape index (κ2) is 5.50. The van der Waals surface area contributed by atoms with Crippen molar-refractivity contribution in [2.75, 3.05) is 0 Å². The van der Waals surface area contributed by atoms with Crippen LogP contribution in [0.4, 0.5) is 4.39 Å². The van der Waals surface area contributed by atoms with Gasteiger partial charge in [0.15, 0.2) is 5.75 Å². The minimum Gasteiger partial charge on any atom is -0.437 e. The Labute approximate surface area is 114 Å². The van der Waals surface area contributed by atoms with Crippen LogP contribution in [0, 0.1) is 5.82 Å². The second-order valence-electron chi connectivity index (χ2n) is 3.48. The van der Waals surface area contributed by atoms with E-state index < -0.39 is 5.82 Å². The molecule has 1 aromatic carbocycles. The van der Waals surface area contributed by atoms with Crippen molar-refractivity contribution in [2.45, 2.75) is 13.3 Å². The molecular formula is C12H9Cl2FN2O.